The summed E-state index contributed by atoms with van der Waals surface area (Å²) in [6.45, 7) is 0. The van der Waals surface area contributed by atoms with E-state index in [0.29, 0.717) is 24.4 Å². The van der Waals surface area contributed by atoms with Crippen molar-refractivity contribution >= 4 is 34.8 Å². The monoisotopic (exact) mass is 322 g/mol. The highest BCUT2D eigenvalue weighted by Gasteiger charge is 2.21. The van der Waals surface area contributed by atoms with Crippen LogP contribution in [0.25, 0.3) is 0 Å². The van der Waals surface area contributed by atoms with Gasteiger partial charge in [-0.05, 0) is 37.5 Å². The topological polar surface area (TPSA) is 58.2 Å². The Kier molecular flexibility index (Phi) is 6.72. The molecule has 1 saturated carbocycles. The molecule has 1 fully saturated rings. The van der Waals surface area contributed by atoms with Crippen molar-refractivity contribution in [2.24, 2.45) is 5.92 Å². The zero-order valence-corrected chi connectivity index (χ0v) is 13.5. The number of rotatable bonds is 6. The molecule has 0 spiro atoms. The number of nitrogens with one attached hydrogen (secondary N) is 2. The standard InChI is InChI=1S/C17H23ClN2O2/c18-11-5-10-16(21)19-14-8-4-9-15(12-14)20-17(22)13-6-2-1-3-7-13/h4,8-9,12-13H,1-3,5-7,10-11H2,(H,19,21)(H,20,22). The second-order valence-electron chi connectivity index (χ2n) is 5.75. The Labute approximate surface area is 136 Å². The number of hydrogen-bond acceptors (Lipinski definition) is 2. The zero-order chi connectivity index (χ0) is 15.8. The van der Waals surface area contributed by atoms with Gasteiger partial charge in [-0.1, -0.05) is 25.3 Å². The first-order chi connectivity index (χ1) is 10.7. The summed E-state index contributed by atoms with van der Waals surface area (Å²) in [5.41, 5.74) is 1.42. The van der Waals surface area contributed by atoms with E-state index < -0.39 is 0 Å². The highest BCUT2D eigenvalue weighted by Crippen LogP contribution is 2.25. The molecule has 22 heavy (non-hydrogen) atoms. The fraction of sp³-hybridized carbons (Fsp3) is 0.529. The molecular formula is C17H23ClN2O2. The van der Waals surface area contributed by atoms with Crippen LogP contribution in [0.15, 0.2) is 24.3 Å². The number of hydrogen-bond donors (Lipinski definition) is 2. The van der Waals surface area contributed by atoms with Crippen molar-refractivity contribution in [3.05, 3.63) is 24.3 Å². The molecule has 2 amide bonds. The normalized spacial score (nSPS) is 15.3. The Morgan fingerprint density at radius 3 is 2.45 bits per heavy atom. The maximum atomic E-state index is 12.2. The number of carbonyl (C=O) groups excluding carboxylic acids is 2. The van der Waals surface area contributed by atoms with Gasteiger partial charge < -0.3 is 10.6 Å². The molecule has 0 radical (unpaired) electrons. The Hall–Kier alpha value is -1.55. The molecule has 0 heterocycles. The van der Waals surface area contributed by atoms with Crippen molar-refractivity contribution < 1.29 is 9.59 Å². The molecule has 0 aliphatic heterocycles. The summed E-state index contributed by atoms with van der Waals surface area (Å²) in [6, 6.07) is 7.27. The van der Waals surface area contributed by atoms with E-state index >= 15 is 0 Å². The smallest absolute Gasteiger partial charge is 0.227 e. The Morgan fingerprint density at radius 2 is 1.77 bits per heavy atom. The molecule has 2 rings (SSSR count). The Bertz CT molecular complexity index is 513. The summed E-state index contributed by atoms with van der Waals surface area (Å²) in [6.07, 6.45) is 6.51. The predicted octanol–water partition coefficient (Wildman–Crippen LogP) is 4.16. The third-order valence-electron chi connectivity index (χ3n) is 3.93. The number of alkyl halides is 1. The van der Waals surface area contributed by atoms with Gasteiger partial charge in [-0.15, -0.1) is 11.6 Å². The van der Waals surface area contributed by atoms with Gasteiger partial charge in [0.15, 0.2) is 0 Å². The van der Waals surface area contributed by atoms with Crippen molar-refractivity contribution in [1.82, 2.24) is 0 Å². The van der Waals surface area contributed by atoms with Crippen molar-refractivity contribution in [1.29, 1.82) is 0 Å². The van der Waals surface area contributed by atoms with Crippen LogP contribution in [-0.4, -0.2) is 17.7 Å². The number of anilines is 2. The van der Waals surface area contributed by atoms with Crippen LogP contribution in [0.3, 0.4) is 0 Å². The van der Waals surface area contributed by atoms with E-state index in [1.807, 2.05) is 18.2 Å². The summed E-state index contributed by atoms with van der Waals surface area (Å²) in [4.78, 5) is 23.9. The molecule has 0 atom stereocenters. The summed E-state index contributed by atoms with van der Waals surface area (Å²) >= 11 is 5.58. The predicted molar refractivity (Wildman–Crippen MR) is 90.2 cm³/mol. The maximum Gasteiger partial charge on any atom is 0.227 e. The number of halogens is 1. The lowest BCUT2D eigenvalue weighted by Crippen LogP contribution is -2.24. The average Bonchev–Trinajstić information content (AvgIpc) is 2.54. The quantitative estimate of drug-likeness (QED) is 0.772. The van der Waals surface area contributed by atoms with Gasteiger partial charge in [0.05, 0.1) is 0 Å². The SMILES string of the molecule is O=C(CCCCl)Nc1cccc(NC(=O)C2CCCCC2)c1. The minimum atomic E-state index is -0.0589. The van der Waals surface area contributed by atoms with Crippen LogP contribution in [0.1, 0.15) is 44.9 Å². The molecule has 1 aromatic carbocycles. The molecule has 0 unspecified atom stereocenters. The summed E-state index contributed by atoms with van der Waals surface area (Å²) in [5.74, 6) is 0.627. The highest BCUT2D eigenvalue weighted by atomic mass is 35.5. The lowest BCUT2D eigenvalue weighted by Gasteiger charge is -2.20. The average molecular weight is 323 g/mol. The molecule has 0 bridgehead atoms. The summed E-state index contributed by atoms with van der Waals surface area (Å²) in [5, 5.41) is 5.78. The van der Waals surface area contributed by atoms with Crippen LogP contribution < -0.4 is 10.6 Å². The number of amides is 2. The van der Waals surface area contributed by atoms with E-state index in [1.165, 1.54) is 6.42 Å². The van der Waals surface area contributed by atoms with Gasteiger partial charge in [-0.25, -0.2) is 0 Å². The van der Waals surface area contributed by atoms with Crippen LogP contribution >= 0.6 is 11.6 Å². The van der Waals surface area contributed by atoms with Crippen LogP contribution in [0.4, 0.5) is 11.4 Å². The molecule has 0 aromatic heterocycles. The van der Waals surface area contributed by atoms with Crippen LogP contribution in [0, 0.1) is 5.92 Å². The minimum Gasteiger partial charge on any atom is -0.326 e. The van der Waals surface area contributed by atoms with Gasteiger partial charge in [-0.3, -0.25) is 9.59 Å². The van der Waals surface area contributed by atoms with Gasteiger partial charge in [0, 0.05) is 29.6 Å². The third kappa shape index (κ3) is 5.34. The molecule has 4 nitrogen and oxygen atoms in total. The van der Waals surface area contributed by atoms with E-state index in [9.17, 15) is 9.59 Å². The van der Waals surface area contributed by atoms with Crippen molar-refractivity contribution in [3.8, 4) is 0 Å². The molecule has 5 heteroatoms. The first-order valence-corrected chi connectivity index (χ1v) is 8.49. The number of carbonyl (C=O) groups is 2. The van der Waals surface area contributed by atoms with Gasteiger partial charge in [0.25, 0.3) is 0 Å². The third-order valence-corrected chi connectivity index (χ3v) is 4.19. The van der Waals surface area contributed by atoms with Crippen molar-refractivity contribution in [2.45, 2.75) is 44.9 Å². The van der Waals surface area contributed by atoms with Crippen molar-refractivity contribution in [2.75, 3.05) is 16.5 Å². The second-order valence-corrected chi connectivity index (χ2v) is 6.12. The van der Waals surface area contributed by atoms with Crippen LogP contribution in [-0.2, 0) is 9.59 Å². The molecule has 1 aliphatic carbocycles. The fourth-order valence-corrected chi connectivity index (χ4v) is 2.87. The Morgan fingerprint density at radius 1 is 1.09 bits per heavy atom. The Balaban J connectivity index is 1.90. The van der Waals surface area contributed by atoms with E-state index in [-0.39, 0.29) is 17.7 Å². The fourth-order valence-electron chi connectivity index (χ4n) is 2.73. The highest BCUT2D eigenvalue weighted by molar-refractivity contribution is 6.18. The van der Waals surface area contributed by atoms with Gasteiger partial charge >= 0.3 is 0 Å². The van der Waals surface area contributed by atoms with Crippen LogP contribution in [0.5, 0.6) is 0 Å². The van der Waals surface area contributed by atoms with Gasteiger partial charge in [0.2, 0.25) is 11.8 Å². The summed E-state index contributed by atoms with van der Waals surface area (Å²) < 4.78 is 0. The number of benzene rings is 1. The molecule has 0 saturated heterocycles. The zero-order valence-electron chi connectivity index (χ0n) is 12.7. The lowest BCUT2D eigenvalue weighted by atomic mass is 9.88. The molecule has 1 aliphatic rings. The van der Waals surface area contributed by atoms with E-state index in [4.69, 9.17) is 11.6 Å². The van der Waals surface area contributed by atoms with E-state index in [0.717, 1.165) is 31.4 Å². The molecule has 2 N–H and O–H groups in total. The summed E-state index contributed by atoms with van der Waals surface area (Å²) in [7, 11) is 0. The molecular weight excluding hydrogens is 300 g/mol. The van der Waals surface area contributed by atoms with Gasteiger partial charge in [0.1, 0.15) is 0 Å². The van der Waals surface area contributed by atoms with Gasteiger partial charge in [-0.2, -0.15) is 0 Å². The van der Waals surface area contributed by atoms with E-state index in [2.05, 4.69) is 10.6 Å². The second kappa shape index (κ2) is 8.79. The largest absolute Gasteiger partial charge is 0.326 e. The lowest BCUT2D eigenvalue weighted by molar-refractivity contribution is -0.120. The van der Waals surface area contributed by atoms with E-state index in [1.54, 1.807) is 6.07 Å². The maximum absolute atomic E-state index is 12.2. The minimum absolute atomic E-state index is 0.0589. The molecule has 120 valence electrons. The van der Waals surface area contributed by atoms with Crippen molar-refractivity contribution in [3.63, 3.8) is 0 Å². The molecule has 1 aromatic rings. The first-order valence-electron chi connectivity index (χ1n) is 7.96. The first kappa shape index (κ1) is 16.8. The van der Waals surface area contributed by atoms with Crippen LogP contribution in [0.2, 0.25) is 0 Å².